The largest absolute Gasteiger partial charge is 0.487 e. The summed E-state index contributed by atoms with van der Waals surface area (Å²) in [5.74, 6) is 0.580. The molecule has 0 saturated heterocycles. The topological polar surface area (TPSA) is 26.3 Å². The van der Waals surface area contributed by atoms with Crippen LogP contribution in [-0.2, 0) is 6.61 Å². The Hall–Kier alpha value is -1.07. The highest BCUT2D eigenvalue weighted by Gasteiger charge is 2.06. The Labute approximate surface area is 130 Å². The summed E-state index contributed by atoms with van der Waals surface area (Å²) in [5.41, 5.74) is 1.67. The summed E-state index contributed by atoms with van der Waals surface area (Å²) in [4.78, 5) is 11.2. The predicted molar refractivity (Wildman–Crippen MR) is 84.9 cm³/mol. The highest BCUT2D eigenvalue weighted by atomic mass is 127. The fourth-order valence-electron chi connectivity index (χ4n) is 1.58. The van der Waals surface area contributed by atoms with Crippen molar-refractivity contribution in [1.29, 1.82) is 0 Å². The number of Topliss-reactive ketones (excluding diaryl/α,β-unsaturated/α-hetero) is 1. The number of carbonyl (C=O) groups excluding carboxylic acids is 1. The molecule has 0 spiro atoms. The standard InChI is InChI=1S/C15H12ClIO2/c1-10(18)12-4-7-15(14(16)8-12)19-9-11-2-5-13(17)6-3-11/h2-8H,9H2,1H3. The molecular weight excluding hydrogens is 375 g/mol. The molecule has 0 aliphatic rings. The molecule has 0 radical (unpaired) electrons. The van der Waals surface area contributed by atoms with E-state index in [1.165, 1.54) is 10.5 Å². The Bertz CT molecular complexity index is 594. The molecule has 4 heteroatoms. The van der Waals surface area contributed by atoms with E-state index in [0.717, 1.165) is 5.56 Å². The van der Waals surface area contributed by atoms with Crippen molar-refractivity contribution >= 4 is 40.0 Å². The van der Waals surface area contributed by atoms with Crippen LogP contribution in [0.25, 0.3) is 0 Å². The molecule has 0 aromatic heterocycles. The lowest BCUT2D eigenvalue weighted by Crippen LogP contribution is -1.97. The van der Waals surface area contributed by atoms with Crippen molar-refractivity contribution in [2.45, 2.75) is 13.5 Å². The molecule has 19 heavy (non-hydrogen) atoms. The van der Waals surface area contributed by atoms with Gasteiger partial charge in [0.15, 0.2) is 5.78 Å². The highest BCUT2D eigenvalue weighted by Crippen LogP contribution is 2.26. The van der Waals surface area contributed by atoms with E-state index < -0.39 is 0 Å². The fraction of sp³-hybridized carbons (Fsp3) is 0.133. The number of rotatable bonds is 4. The summed E-state index contributed by atoms with van der Waals surface area (Å²) in [7, 11) is 0. The van der Waals surface area contributed by atoms with Crippen LogP contribution in [0.15, 0.2) is 42.5 Å². The van der Waals surface area contributed by atoms with E-state index in [1.54, 1.807) is 18.2 Å². The molecule has 0 aliphatic heterocycles. The van der Waals surface area contributed by atoms with Crippen molar-refractivity contribution in [1.82, 2.24) is 0 Å². The summed E-state index contributed by atoms with van der Waals surface area (Å²) in [5, 5.41) is 0.457. The third kappa shape index (κ3) is 3.94. The molecule has 0 amide bonds. The first kappa shape index (κ1) is 14.3. The van der Waals surface area contributed by atoms with Crippen LogP contribution in [0.5, 0.6) is 5.75 Å². The number of carbonyl (C=O) groups is 1. The van der Waals surface area contributed by atoms with Gasteiger partial charge in [0, 0.05) is 9.13 Å². The number of benzene rings is 2. The van der Waals surface area contributed by atoms with Crippen LogP contribution in [0, 0.1) is 3.57 Å². The summed E-state index contributed by atoms with van der Waals surface area (Å²) in [6.07, 6.45) is 0. The fourth-order valence-corrected chi connectivity index (χ4v) is 2.17. The maximum atomic E-state index is 11.2. The monoisotopic (exact) mass is 386 g/mol. The van der Waals surface area contributed by atoms with Crippen LogP contribution in [-0.4, -0.2) is 5.78 Å². The van der Waals surface area contributed by atoms with Crippen LogP contribution in [0.2, 0.25) is 5.02 Å². The van der Waals surface area contributed by atoms with Gasteiger partial charge >= 0.3 is 0 Å². The molecule has 0 heterocycles. The second kappa shape index (κ2) is 6.39. The smallest absolute Gasteiger partial charge is 0.159 e. The molecule has 0 fully saturated rings. The zero-order chi connectivity index (χ0) is 13.8. The van der Waals surface area contributed by atoms with E-state index >= 15 is 0 Å². The third-order valence-electron chi connectivity index (χ3n) is 2.65. The summed E-state index contributed by atoms with van der Waals surface area (Å²) >= 11 is 8.34. The van der Waals surface area contributed by atoms with E-state index in [9.17, 15) is 4.79 Å². The van der Waals surface area contributed by atoms with E-state index in [1.807, 2.05) is 24.3 Å². The average Bonchev–Trinajstić information content (AvgIpc) is 2.39. The van der Waals surface area contributed by atoms with E-state index in [-0.39, 0.29) is 5.78 Å². The van der Waals surface area contributed by atoms with Crippen LogP contribution < -0.4 is 4.74 Å². The van der Waals surface area contributed by atoms with Gasteiger partial charge in [-0.1, -0.05) is 23.7 Å². The van der Waals surface area contributed by atoms with Gasteiger partial charge in [-0.05, 0) is 65.4 Å². The van der Waals surface area contributed by atoms with E-state index in [4.69, 9.17) is 16.3 Å². The van der Waals surface area contributed by atoms with Gasteiger partial charge in [-0.25, -0.2) is 0 Å². The second-order valence-electron chi connectivity index (χ2n) is 4.12. The van der Waals surface area contributed by atoms with Gasteiger partial charge in [0.25, 0.3) is 0 Å². The van der Waals surface area contributed by atoms with Crippen LogP contribution in [0.1, 0.15) is 22.8 Å². The van der Waals surface area contributed by atoms with Crippen LogP contribution >= 0.6 is 34.2 Å². The van der Waals surface area contributed by atoms with Gasteiger partial charge in [0.2, 0.25) is 0 Å². The lowest BCUT2D eigenvalue weighted by Gasteiger charge is -2.09. The van der Waals surface area contributed by atoms with Crippen molar-refractivity contribution in [3.05, 3.63) is 62.2 Å². The molecule has 2 rings (SSSR count). The third-order valence-corrected chi connectivity index (χ3v) is 3.66. The normalized spacial score (nSPS) is 10.3. The Kier molecular flexibility index (Phi) is 4.82. The first-order valence-electron chi connectivity index (χ1n) is 5.74. The number of hydrogen-bond donors (Lipinski definition) is 0. The molecule has 0 N–H and O–H groups in total. The molecule has 0 unspecified atom stereocenters. The molecule has 2 nitrogen and oxygen atoms in total. The van der Waals surface area contributed by atoms with E-state index in [2.05, 4.69) is 22.6 Å². The Morgan fingerprint density at radius 1 is 1.21 bits per heavy atom. The Balaban J connectivity index is 2.07. The molecule has 0 atom stereocenters. The molecule has 98 valence electrons. The predicted octanol–water partition coefficient (Wildman–Crippen LogP) is 4.73. The molecule has 2 aromatic carbocycles. The summed E-state index contributed by atoms with van der Waals surface area (Å²) < 4.78 is 6.84. The van der Waals surface area contributed by atoms with Gasteiger partial charge in [0.1, 0.15) is 12.4 Å². The summed E-state index contributed by atoms with van der Waals surface area (Å²) in [6, 6.07) is 13.2. The lowest BCUT2D eigenvalue weighted by atomic mass is 10.1. The number of halogens is 2. The number of ether oxygens (including phenoxy) is 1. The lowest BCUT2D eigenvalue weighted by molar-refractivity contribution is 0.101. The molecule has 2 aromatic rings. The maximum absolute atomic E-state index is 11.2. The number of ketones is 1. The van der Waals surface area contributed by atoms with Gasteiger partial charge in [-0.2, -0.15) is 0 Å². The van der Waals surface area contributed by atoms with Gasteiger partial charge < -0.3 is 4.74 Å². The SMILES string of the molecule is CC(=O)c1ccc(OCc2ccc(I)cc2)c(Cl)c1. The van der Waals surface area contributed by atoms with Crippen molar-refractivity contribution in [2.24, 2.45) is 0 Å². The minimum atomic E-state index is -0.00826. The van der Waals surface area contributed by atoms with Crippen LogP contribution in [0.3, 0.4) is 0 Å². The van der Waals surface area contributed by atoms with Crippen molar-refractivity contribution in [3.8, 4) is 5.75 Å². The number of hydrogen-bond acceptors (Lipinski definition) is 2. The minimum Gasteiger partial charge on any atom is -0.487 e. The zero-order valence-electron chi connectivity index (χ0n) is 10.3. The van der Waals surface area contributed by atoms with Crippen molar-refractivity contribution in [2.75, 3.05) is 0 Å². The van der Waals surface area contributed by atoms with Gasteiger partial charge in [-0.15, -0.1) is 0 Å². The highest BCUT2D eigenvalue weighted by molar-refractivity contribution is 14.1. The quantitative estimate of drug-likeness (QED) is 0.561. The average molecular weight is 387 g/mol. The van der Waals surface area contributed by atoms with E-state index in [0.29, 0.717) is 22.9 Å². The van der Waals surface area contributed by atoms with Crippen LogP contribution in [0.4, 0.5) is 0 Å². The van der Waals surface area contributed by atoms with Gasteiger partial charge in [0.05, 0.1) is 5.02 Å². The molecular formula is C15H12ClIO2. The maximum Gasteiger partial charge on any atom is 0.159 e. The molecule has 0 saturated carbocycles. The van der Waals surface area contributed by atoms with Crippen molar-refractivity contribution < 1.29 is 9.53 Å². The Morgan fingerprint density at radius 2 is 1.89 bits per heavy atom. The first-order chi connectivity index (χ1) is 9.06. The second-order valence-corrected chi connectivity index (χ2v) is 5.77. The summed E-state index contributed by atoms with van der Waals surface area (Å²) in [6.45, 7) is 1.97. The molecule has 0 bridgehead atoms. The van der Waals surface area contributed by atoms with Gasteiger partial charge in [-0.3, -0.25) is 4.79 Å². The zero-order valence-corrected chi connectivity index (χ0v) is 13.2. The first-order valence-corrected chi connectivity index (χ1v) is 7.19. The molecule has 0 aliphatic carbocycles. The Morgan fingerprint density at radius 3 is 2.47 bits per heavy atom. The van der Waals surface area contributed by atoms with Crippen molar-refractivity contribution in [3.63, 3.8) is 0 Å². The minimum absolute atomic E-state index is 0.00826.